The van der Waals surface area contributed by atoms with Crippen LogP contribution >= 0.6 is 0 Å². The number of aldehydes is 1. The third-order valence-electron chi connectivity index (χ3n) is 4.35. The average molecular weight is 318 g/mol. The molecule has 1 aliphatic rings. The van der Waals surface area contributed by atoms with E-state index in [9.17, 15) is 9.90 Å². The number of hydrogen-bond acceptors (Lipinski definition) is 3. The van der Waals surface area contributed by atoms with E-state index in [0.717, 1.165) is 17.8 Å². The number of benzene rings is 1. The fourth-order valence-corrected chi connectivity index (χ4v) is 3.01. The molecule has 1 aromatic rings. The molecule has 1 fully saturated rings. The lowest BCUT2D eigenvalue weighted by Crippen LogP contribution is -2.13. The van der Waals surface area contributed by atoms with Gasteiger partial charge in [-0.15, -0.1) is 0 Å². The van der Waals surface area contributed by atoms with Gasteiger partial charge in [0.2, 0.25) is 0 Å². The maximum atomic E-state index is 9.41. The van der Waals surface area contributed by atoms with E-state index in [4.69, 9.17) is 4.74 Å². The highest BCUT2D eigenvalue weighted by atomic mass is 16.5. The molecule has 1 N–H and O–H groups in total. The summed E-state index contributed by atoms with van der Waals surface area (Å²) in [7, 11) is 1.73. The number of ether oxygens (including phenoxy) is 1. The van der Waals surface area contributed by atoms with Crippen molar-refractivity contribution in [2.24, 2.45) is 5.92 Å². The fraction of sp³-hybridized carbons (Fsp3) is 0.550. The summed E-state index contributed by atoms with van der Waals surface area (Å²) in [5, 5.41) is 9.23. The maximum Gasteiger partial charge on any atom is 0.145 e. The summed E-state index contributed by atoms with van der Waals surface area (Å²) in [5.74, 6) is 1.56. The van der Waals surface area contributed by atoms with Crippen LogP contribution in [0.2, 0.25) is 0 Å². The number of rotatable bonds is 5. The third kappa shape index (κ3) is 6.67. The van der Waals surface area contributed by atoms with Crippen LogP contribution in [0.1, 0.15) is 62.1 Å². The van der Waals surface area contributed by atoms with E-state index in [0.29, 0.717) is 18.1 Å². The summed E-state index contributed by atoms with van der Waals surface area (Å²) in [6.07, 6.45) is 5.96. The molecule has 0 unspecified atom stereocenters. The summed E-state index contributed by atoms with van der Waals surface area (Å²) in [6.45, 7) is 8.07. The van der Waals surface area contributed by atoms with Crippen molar-refractivity contribution in [3.8, 4) is 0 Å². The van der Waals surface area contributed by atoms with Gasteiger partial charge in [0.05, 0.1) is 13.2 Å². The normalized spacial score (nSPS) is 20.3. The van der Waals surface area contributed by atoms with Gasteiger partial charge in [0.25, 0.3) is 0 Å². The zero-order chi connectivity index (χ0) is 17.2. The lowest BCUT2D eigenvalue weighted by atomic mass is 9.78. The second-order valence-electron chi connectivity index (χ2n) is 6.55. The molecule has 1 aromatic carbocycles. The summed E-state index contributed by atoms with van der Waals surface area (Å²) in [4.78, 5) is 9.41. The van der Waals surface area contributed by atoms with Gasteiger partial charge >= 0.3 is 0 Å². The number of carbonyl (C=O) groups excluding carboxylic acids is 1. The lowest BCUT2D eigenvalue weighted by molar-refractivity contribution is -0.104. The molecule has 1 saturated carbocycles. The molecule has 0 atom stereocenters. The van der Waals surface area contributed by atoms with Crippen molar-refractivity contribution < 1.29 is 14.6 Å². The largest absolute Gasteiger partial charge is 0.392 e. The van der Waals surface area contributed by atoms with Crippen molar-refractivity contribution in [2.45, 2.75) is 58.7 Å². The minimum Gasteiger partial charge on any atom is -0.392 e. The molecule has 23 heavy (non-hydrogen) atoms. The minimum atomic E-state index is 0.110. The van der Waals surface area contributed by atoms with Crippen LogP contribution in [-0.4, -0.2) is 18.5 Å². The van der Waals surface area contributed by atoms with Gasteiger partial charge in [-0.2, -0.15) is 0 Å². The molecule has 3 nitrogen and oxygen atoms in total. The van der Waals surface area contributed by atoms with Crippen molar-refractivity contribution >= 4 is 6.29 Å². The molecule has 1 aliphatic carbocycles. The number of aliphatic hydroxyl groups excluding tert-OH is 1. The Morgan fingerprint density at radius 2 is 1.96 bits per heavy atom. The first-order valence-corrected chi connectivity index (χ1v) is 8.34. The summed E-state index contributed by atoms with van der Waals surface area (Å²) < 4.78 is 5.30. The number of allylic oxidation sites excluding steroid dienone is 1. The molecular weight excluding hydrogens is 288 g/mol. The topological polar surface area (TPSA) is 46.5 Å². The molecule has 0 saturated heterocycles. The molecule has 0 spiro atoms. The Kier molecular flexibility index (Phi) is 8.82. The first-order valence-electron chi connectivity index (χ1n) is 8.34. The predicted octanol–water partition coefficient (Wildman–Crippen LogP) is 4.38. The Bertz CT molecular complexity index is 500. The molecular formula is C20H30O3. The van der Waals surface area contributed by atoms with Crippen LogP contribution in [-0.2, 0) is 22.7 Å². The maximum absolute atomic E-state index is 9.41. The van der Waals surface area contributed by atoms with Crippen molar-refractivity contribution in [3.05, 3.63) is 47.0 Å². The lowest BCUT2D eigenvalue weighted by Gasteiger charge is -2.28. The van der Waals surface area contributed by atoms with Crippen molar-refractivity contribution in [2.75, 3.05) is 7.11 Å². The standard InChI is InChI=1S/C16H24O2.C4H6O/c1-12-3-6-14(7-4-12)16-8-5-13(10-17)9-15(16)11-18-2;1-4(2)3-5/h5,8-9,12,14,17H,3-4,6-7,10-11H2,1-2H3;3H,1H2,2H3. The first kappa shape index (κ1) is 19.6. The highest BCUT2D eigenvalue weighted by molar-refractivity contribution is 5.70. The molecule has 0 bridgehead atoms. The molecule has 2 rings (SSSR count). The molecule has 0 aliphatic heterocycles. The van der Waals surface area contributed by atoms with E-state index in [2.05, 4.69) is 25.6 Å². The van der Waals surface area contributed by atoms with Crippen LogP contribution < -0.4 is 0 Å². The minimum absolute atomic E-state index is 0.110. The average Bonchev–Trinajstić information content (AvgIpc) is 2.56. The second-order valence-corrected chi connectivity index (χ2v) is 6.55. The fourth-order valence-electron chi connectivity index (χ4n) is 3.01. The first-order chi connectivity index (χ1) is 11.0. The van der Waals surface area contributed by atoms with E-state index in [1.165, 1.54) is 36.8 Å². The number of methoxy groups -OCH3 is 1. The van der Waals surface area contributed by atoms with Gasteiger partial charge in [0, 0.05) is 7.11 Å². The highest BCUT2D eigenvalue weighted by Gasteiger charge is 2.21. The Hall–Kier alpha value is -1.45. The van der Waals surface area contributed by atoms with Crippen molar-refractivity contribution in [1.82, 2.24) is 0 Å². The van der Waals surface area contributed by atoms with Crippen LogP contribution in [0.3, 0.4) is 0 Å². The highest BCUT2D eigenvalue weighted by Crippen LogP contribution is 2.37. The zero-order valence-corrected chi connectivity index (χ0v) is 14.7. The summed E-state index contributed by atoms with van der Waals surface area (Å²) >= 11 is 0. The second kappa shape index (κ2) is 10.3. The van der Waals surface area contributed by atoms with Gasteiger partial charge in [0.1, 0.15) is 6.29 Å². The van der Waals surface area contributed by atoms with Crippen molar-refractivity contribution in [3.63, 3.8) is 0 Å². The van der Waals surface area contributed by atoms with E-state index in [-0.39, 0.29) is 6.61 Å². The van der Waals surface area contributed by atoms with Gasteiger partial charge in [0.15, 0.2) is 0 Å². The van der Waals surface area contributed by atoms with E-state index < -0.39 is 0 Å². The third-order valence-corrected chi connectivity index (χ3v) is 4.35. The van der Waals surface area contributed by atoms with E-state index in [1.807, 2.05) is 6.07 Å². The van der Waals surface area contributed by atoms with Crippen molar-refractivity contribution in [1.29, 1.82) is 0 Å². The molecule has 0 aromatic heterocycles. The SMILES string of the molecule is C=C(C)C=O.COCc1cc(CO)ccc1C1CCC(C)CC1. The monoisotopic (exact) mass is 318 g/mol. The smallest absolute Gasteiger partial charge is 0.145 e. The summed E-state index contributed by atoms with van der Waals surface area (Å²) in [5.41, 5.74) is 4.24. The van der Waals surface area contributed by atoms with Gasteiger partial charge in [-0.25, -0.2) is 0 Å². The zero-order valence-electron chi connectivity index (χ0n) is 14.7. The number of hydrogen-bond donors (Lipinski definition) is 1. The van der Waals surface area contributed by atoms with Crippen LogP contribution in [0.15, 0.2) is 30.4 Å². The Morgan fingerprint density at radius 1 is 1.35 bits per heavy atom. The van der Waals surface area contributed by atoms with Crippen LogP contribution in [0.4, 0.5) is 0 Å². The van der Waals surface area contributed by atoms with Crippen LogP contribution in [0.5, 0.6) is 0 Å². The Balaban J connectivity index is 0.000000463. The predicted molar refractivity (Wildman–Crippen MR) is 94.3 cm³/mol. The van der Waals surface area contributed by atoms with Gasteiger partial charge < -0.3 is 9.84 Å². The van der Waals surface area contributed by atoms with Gasteiger partial charge in [-0.3, -0.25) is 4.79 Å². The van der Waals surface area contributed by atoms with E-state index >= 15 is 0 Å². The molecule has 0 heterocycles. The molecule has 0 radical (unpaired) electrons. The quantitative estimate of drug-likeness (QED) is 0.647. The molecule has 3 heteroatoms. The summed E-state index contributed by atoms with van der Waals surface area (Å²) in [6, 6.07) is 6.34. The van der Waals surface area contributed by atoms with Crippen LogP contribution in [0.25, 0.3) is 0 Å². The molecule has 128 valence electrons. The van der Waals surface area contributed by atoms with Crippen LogP contribution in [0, 0.1) is 5.92 Å². The van der Waals surface area contributed by atoms with Gasteiger partial charge in [-0.05, 0) is 53.9 Å². The Labute approximate surface area is 140 Å². The number of aliphatic hydroxyl groups is 1. The number of carbonyl (C=O) groups is 1. The molecule has 0 amide bonds. The Morgan fingerprint density at radius 3 is 2.43 bits per heavy atom. The van der Waals surface area contributed by atoms with E-state index in [1.54, 1.807) is 14.0 Å². The van der Waals surface area contributed by atoms with Gasteiger partial charge in [-0.1, -0.05) is 44.5 Å².